The Balaban J connectivity index is 0.00000420. The number of guanidine groups is 1. The number of benzene rings is 1. The highest BCUT2D eigenvalue weighted by molar-refractivity contribution is 14.0. The molecule has 1 aliphatic carbocycles. The topological polar surface area (TPSA) is 66.0 Å². The predicted molar refractivity (Wildman–Crippen MR) is 130 cm³/mol. The first-order valence-electron chi connectivity index (χ1n) is 10.4. The number of esters is 1. The lowest BCUT2D eigenvalue weighted by molar-refractivity contribution is -0.149. The van der Waals surface area contributed by atoms with Gasteiger partial charge in [0, 0.05) is 32.2 Å². The van der Waals surface area contributed by atoms with Crippen LogP contribution in [0, 0.1) is 5.92 Å². The van der Waals surface area contributed by atoms with Gasteiger partial charge in [-0.25, -0.2) is 0 Å². The molecule has 0 bridgehead atoms. The molecule has 1 saturated carbocycles. The summed E-state index contributed by atoms with van der Waals surface area (Å²) < 4.78 is 5.15. The van der Waals surface area contributed by atoms with Gasteiger partial charge in [0.2, 0.25) is 0 Å². The highest BCUT2D eigenvalue weighted by Gasteiger charge is 2.27. The molecular formula is C22H37IN4O2. The lowest BCUT2D eigenvalue weighted by Crippen LogP contribution is -2.48. The number of hydrogen-bond donors (Lipinski definition) is 2. The van der Waals surface area contributed by atoms with E-state index in [0.717, 1.165) is 44.7 Å². The molecule has 29 heavy (non-hydrogen) atoms. The lowest BCUT2D eigenvalue weighted by atomic mass is 9.86. The maximum Gasteiger partial charge on any atom is 0.308 e. The Morgan fingerprint density at radius 2 is 1.90 bits per heavy atom. The minimum atomic E-state index is -0.0428. The summed E-state index contributed by atoms with van der Waals surface area (Å²) in [6, 6.07) is 11.2. The second kappa shape index (κ2) is 13.8. The first-order valence-corrected chi connectivity index (χ1v) is 10.4. The Hall–Kier alpha value is -1.35. The summed E-state index contributed by atoms with van der Waals surface area (Å²) in [7, 11) is 3.95. The lowest BCUT2D eigenvalue weighted by Gasteiger charge is -2.30. The van der Waals surface area contributed by atoms with E-state index in [-0.39, 0.29) is 35.9 Å². The van der Waals surface area contributed by atoms with Crippen molar-refractivity contribution >= 4 is 35.9 Å². The van der Waals surface area contributed by atoms with E-state index in [1.807, 2.05) is 13.0 Å². The normalized spacial score (nSPS) is 20.5. The van der Waals surface area contributed by atoms with E-state index in [9.17, 15) is 4.79 Å². The SMILES string of the molecule is CCOC(=O)C1CCC(NC(=NC)NCC(C)N(C)Cc2ccccc2)CC1.I. The number of nitrogens with zero attached hydrogens (tertiary/aromatic N) is 2. The van der Waals surface area contributed by atoms with E-state index in [1.54, 1.807) is 7.05 Å². The molecule has 0 heterocycles. The van der Waals surface area contributed by atoms with Gasteiger partial charge in [-0.2, -0.15) is 0 Å². The summed E-state index contributed by atoms with van der Waals surface area (Å²) >= 11 is 0. The van der Waals surface area contributed by atoms with Crippen molar-refractivity contribution in [3.63, 3.8) is 0 Å². The minimum Gasteiger partial charge on any atom is -0.466 e. The number of rotatable bonds is 8. The molecule has 0 saturated heterocycles. The van der Waals surface area contributed by atoms with Crippen LogP contribution in [0.1, 0.15) is 45.1 Å². The average Bonchev–Trinajstić information content (AvgIpc) is 2.72. The fourth-order valence-electron chi connectivity index (χ4n) is 3.55. The van der Waals surface area contributed by atoms with Crippen LogP contribution in [0.2, 0.25) is 0 Å². The number of nitrogens with one attached hydrogen (secondary N) is 2. The van der Waals surface area contributed by atoms with Crippen molar-refractivity contribution in [3.8, 4) is 0 Å². The monoisotopic (exact) mass is 516 g/mol. The van der Waals surface area contributed by atoms with E-state index in [4.69, 9.17) is 4.74 Å². The number of halogens is 1. The van der Waals surface area contributed by atoms with Crippen molar-refractivity contribution in [1.29, 1.82) is 0 Å². The van der Waals surface area contributed by atoms with Crippen LogP contribution in [-0.4, -0.2) is 56.2 Å². The van der Waals surface area contributed by atoms with Crippen molar-refractivity contribution in [1.82, 2.24) is 15.5 Å². The summed E-state index contributed by atoms with van der Waals surface area (Å²) in [4.78, 5) is 18.6. The van der Waals surface area contributed by atoms with Gasteiger partial charge >= 0.3 is 5.97 Å². The number of carbonyl (C=O) groups excluding carboxylic acids is 1. The summed E-state index contributed by atoms with van der Waals surface area (Å²) in [6.07, 6.45) is 3.69. The molecule has 1 aliphatic rings. The minimum absolute atomic E-state index is 0. The van der Waals surface area contributed by atoms with Gasteiger partial charge in [-0.15, -0.1) is 24.0 Å². The summed E-state index contributed by atoms with van der Waals surface area (Å²) in [6.45, 7) is 6.28. The predicted octanol–water partition coefficient (Wildman–Crippen LogP) is 3.41. The maximum atomic E-state index is 11.9. The third-order valence-corrected chi connectivity index (χ3v) is 5.50. The van der Waals surface area contributed by atoms with Crippen LogP contribution < -0.4 is 10.6 Å². The molecule has 2 N–H and O–H groups in total. The smallest absolute Gasteiger partial charge is 0.308 e. The van der Waals surface area contributed by atoms with E-state index in [2.05, 4.69) is 58.8 Å². The quantitative estimate of drug-likeness (QED) is 0.240. The van der Waals surface area contributed by atoms with Gasteiger partial charge in [0.15, 0.2) is 5.96 Å². The van der Waals surface area contributed by atoms with Gasteiger partial charge in [-0.05, 0) is 52.1 Å². The number of ether oxygens (including phenoxy) is 1. The fraction of sp³-hybridized carbons (Fsp3) is 0.636. The van der Waals surface area contributed by atoms with E-state index in [0.29, 0.717) is 18.7 Å². The molecule has 1 unspecified atom stereocenters. The highest BCUT2D eigenvalue weighted by Crippen LogP contribution is 2.25. The second-order valence-corrected chi connectivity index (χ2v) is 7.65. The molecular weight excluding hydrogens is 479 g/mol. The molecule has 2 rings (SSSR count). The Morgan fingerprint density at radius 1 is 1.24 bits per heavy atom. The third-order valence-electron chi connectivity index (χ3n) is 5.50. The number of carbonyl (C=O) groups is 1. The summed E-state index contributed by atoms with van der Waals surface area (Å²) in [5.41, 5.74) is 1.32. The van der Waals surface area contributed by atoms with Crippen LogP contribution in [-0.2, 0) is 16.1 Å². The Kier molecular flexibility index (Phi) is 12.2. The van der Waals surface area contributed by atoms with Crippen LogP contribution in [0.5, 0.6) is 0 Å². The molecule has 0 spiro atoms. The number of aliphatic imine (C=N–C) groups is 1. The van der Waals surface area contributed by atoms with Gasteiger partial charge in [0.05, 0.1) is 12.5 Å². The largest absolute Gasteiger partial charge is 0.466 e. The van der Waals surface area contributed by atoms with Crippen LogP contribution in [0.25, 0.3) is 0 Å². The molecule has 0 radical (unpaired) electrons. The molecule has 1 fully saturated rings. The fourth-order valence-corrected chi connectivity index (χ4v) is 3.55. The van der Waals surface area contributed by atoms with Crippen molar-refractivity contribution in [2.75, 3.05) is 27.2 Å². The number of hydrogen-bond acceptors (Lipinski definition) is 4. The van der Waals surface area contributed by atoms with Crippen LogP contribution in [0.4, 0.5) is 0 Å². The molecule has 7 heteroatoms. The van der Waals surface area contributed by atoms with Gasteiger partial charge in [-0.1, -0.05) is 30.3 Å². The van der Waals surface area contributed by atoms with E-state index >= 15 is 0 Å². The zero-order valence-electron chi connectivity index (χ0n) is 18.2. The third kappa shape index (κ3) is 8.90. The standard InChI is InChI=1S/C22H36N4O2.HI/c1-5-28-21(27)19-11-13-20(14-12-19)25-22(23-3)24-15-17(2)26(4)16-18-9-7-6-8-10-18;/h6-10,17,19-20H,5,11-16H2,1-4H3,(H2,23,24,25);1H. The molecule has 1 aromatic carbocycles. The zero-order chi connectivity index (χ0) is 20.4. The van der Waals surface area contributed by atoms with E-state index < -0.39 is 0 Å². The average molecular weight is 516 g/mol. The van der Waals surface area contributed by atoms with Gasteiger partial charge in [0.25, 0.3) is 0 Å². The zero-order valence-corrected chi connectivity index (χ0v) is 20.5. The molecule has 1 aromatic rings. The van der Waals surface area contributed by atoms with Gasteiger partial charge in [-0.3, -0.25) is 14.7 Å². The maximum absolute atomic E-state index is 11.9. The first kappa shape index (κ1) is 25.7. The summed E-state index contributed by atoms with van der Waals surface area (Å²) in [5.74, 6) is 0.845. The molecule has 1 atom stereocenters. The molecule has 0 aliphatic heterocycles. The van der Waals surface area contributed by atoms with Crippen molar-refractivity contribution < 1.29 is 9.53 Å². The Labute approximate surface area is 192 Å². The molecule has 6 nitrogen and oxygen atoms in total. The van der Waals surface area contributed by atoms with Crippen LogP contribution >= 0.6 is 24.0 Å². The van der Waals surface area contributed by atoms with Crippen LogP contribution in [0.15, 0.2) is 35.3 Å². The highest BCUT2D eigenvalue weighted by atomic mass is 127. The molecule has 0 amide bonds. The number of likely N-dealkylation sites (N-methyl/N-ethyl adjacent to an activating group) is 1. The second-order valence-electron chi connectivity index (χ2n) is 7.65. The Morgan fingerprint density at radius 3 is 2.48 bits per heavy atom. The van der Waals surface area contributed by atoms with Crippen molar-refractivity contribution in [3.05, 3.63) is 35.9 Å². The molecule has 0 aromatic heterocycles. The van der Waals surface area contributed by atoms with Crippen molar-refractivity contribution in [2.24, 2.45) is 10.9 Å². The van der Waals surface area contributed by atoms with Crippen LogP contribution in [0.3, 0.4) is 0 Å². The van der Waals surface area contributed by atoms with Gasteiger partial charge < -0.3 is 15.4 Å². The first-order chi connectivity index (χ1) is 13.5. The van der Waals surface area contributed by atoms with Crippen molar-refractivity contribution in [2.45, 2.75) is 58.2 Å². The molecule has 164 valence electrons. The summed E-state index contributed by atoms with van der Waals surface area (Å²) in [5, 5.41) is 6.95. The van der Waals surface area contributed by atoms with Gasteiger partial charge in [0.1, 0.15) is 0 Å². The Bertz CT molecular complexity index is 618. The van der Waals surface area contributed by atoms with E-state index in [1.165, 1.54) is 5.56 Å².